The number of ether oxygens (including phenoxy) is 1. The van der Waals surface area contributed by atoms with Gasteiger partial charge in [-0.15, -0.1) is 0 Å². The van der Waals surface area contributed by atoms with E-state index in [0.29, 0.717) is 5.88 Å². The summed E-state index contributed by atoms with van der Waals surface area (Å²) in [5.41, 5.74) is 1.96. The third-order valence-corrected chi connectivity index (χ3v) is 4.19. The summed E-state index contributed by atoms with van der Waals surface area (Å²) in [7, 11) is 2.00. The second kappa shape index (κ2) is 4.75. The van der Waals surface area contributed by atoms with Gasteiger partial charge >= 0.3 is 0 Å². The van der Waals surface area contributed by atoms with Gasteiger partial charge in [0.05, 0.1) is 11.8 Å². The highest BCUT2D eigenvalue weighted by Crippen LogP contribution is 2.37. The Bertz CT molecular complexity index is 1050. The van der Waals surface area contributed by atoms with Crippen LogP contribution in [0.25, 0.3) is 32.7 Å². The lowest BCUT2D eigenvalue weighted by Gasteiger charge is -2.06. The molecule has 0 bridgehead atoms. The van der Waals surface area contributed by atoms with E-state index in [0.717, 1.165) is 37.7 Å². The van der Waals surface area contributed by atoms with Gasteiger partial charge < -0.3 is 9.30 Å². The average Bonchev–Trinajstić information content (AvgIpc) is 2.80. The molecule has 0 radical (unpaired) electrons. The van der Waals surface area contributed by atoms with Gasteiger partial charge in [0.25, 0.3) is 0 Å². The summed E-state index contributed by atoms with van der Waals surface area (Å²) >= 11 is 6.19. The van der Waals surface area contributed by atoms with Crippen LogP contribution in [0.2, 0.25) is 5.02 Å². The first-order valence-electron chi connectivity index (χ1n) is 6.94. The van der Waals surface area contributed by atoms with E-state index in [2.05, 4.69) is 22.2 Å². The maximum atomic E-state index is 6.19. The molecule has 0 saturated carbocycles. The number of rotatable bonds is 2. The molecule has 0 fully saturated rings. The van der Waals surface area contributed by atoms with Crippen molar-refractivity contribution in [1.82, 2.24) is 9.55 Å². The molecule has 2 aromatic heterocycles. The molecule has 0 atom stereocenters. The van der Waals surface area contributed by atoms with Gasteiger partial charge in [0, 0.05) is 28.2 Å². The predicted octanol–water partition coefficient (Wildman–Crippen LogP) is 5.06. The molecule has 3 nitrogen and oxygen atoms in total. The lowest BCUT2D eigenvalue weighted by Crippen LogP contribution is -1.93. The van der Waals surface area contributed by atoms with E-state index >= 15 is 0 Å². The summed E-state index contributed by atoms with van der Waals surface area (Å²) < 4.78 is 7.57. The smallest absolute Gasteiger partial charge is 0.228 e. The van der Waals surface area contributed by atoms with E-state index < -0.39 is 0 Å². The highest BCUT2D eigenvalue weighted by Gasteiger charge is 2.16. The first kappa shape index (κ1) is 13.2. The molecule has 4 aromatic rings. The molecule has 0 spiro atoms. The van der Waals surface area contributed by atoms with Crippen molar-refractivity contribution in [2.24, 2.45) is 7.05 Å². The summed E-state index contributed by atoms with van der Waals surface area (Å²) in [6.45, 7) is 3.63. The van der Waals surface area contributed by atoms with Gasteiger partial charge in [-0.1, -0.05) is 36.4 Å². The maximum absolute atomic E-state index is 6.19. The quantitative estimate of drug-likeness (QED) is 0.484. The molecule has 0 amide bonds. The highest BCUT2D eigenvalue weighted by atomic mass is 35.5. The Hall–Kier alpha value is -2.52. The predicted molar refractivity (Wildman–Crippen MR) is 91.6 cm³/mol. The Morgan fingerprint density at radius 1 is 1.14 bits per heavy atom. The summed E-state index contributed by atoms with van der Waals surface area (Å²) in [4.78, 5) is 4.69. The fraction of sp³-hybridized carbons (Fsp3) is 0.0556. The van der Waals surface area contributed by atoms with Gasteiger partial charge in [-0.25, -0.2) is 0 Å². The summed E-state index contributed by atoms with van der Waals surface area (Å²) in [5, 5.41) is 4.96. The Labute approximate surface area is 132 Å². The third-order valence-electron chi connectivity index (χ3n) is 3.96. The minimum Gasteiger partial charge on any atom is -0.447 e. The van der Waals surface area contributed by atoms with E-state index in [4.69, 9.17) is 16.3 Å². The number of benzene rings is 2. The van der Waals surface area contributed by atoms with Crippen LogP contribution in [-0.4, -0.2) is 9.55 Å². The van der Waals surface area contributed by atoms with Crippen LogP contribution in [0.1, 0.15) is 0 Å². The number of hydrogen-bond donors (Lipinski definition) is 0. The van der Waals surface area contributed by atoms with E-state index in [9.17, 15) is 0 Å². The molecule has 0 aliphatic heterocycles. The molecular formula is C18H13ClN2O. The number of halogens is 1. The fourth-order valence-corrected chi connectivity index (χ4v) is 3.18. The molecule has 0 N–H and O–H groups in total. The zero-order valence-electron chi connectivity index (χ0n) is 12.0. The first-order valence-corrected chi connectivity index (χ1v) is 7.32. The Morgan fingerprint density at radius 3 is 2.68 bits per heavy atom. The van der Waals surface area contributed by atoms with Crippen LogP contribution in [0.5, 0.6) is 5.88 Å². The largest absolute Gasteiger partial charge is 0.447 e. The summed E-state index contributed by atoms with van der Waals surface area (Å²) in [6.07, 6.45) is 1.40. The average molecular weight is 309 g/mol. The Balaban J connectivity index is 2.31. The second-order valence-electron chi connectivity index (χ2n) is 5.17. The lowest BCUT2D eigenvalue weighted by molar-refractivity contribution is 0.471. The van der Waals surface area contributed by atoms with Crippen molar-refractivity contribution in [2.75, 3.05) is 0 Å². The Kier molecular flexibility index (Phi) is 2.84. The van der Waals surface area contributed by atoms with Gasteiger partial charge in [0.15, 0.2) is 0 Å². The molecule has 108 valence electrons. The summed E-state index contributed by atoms with van der Waals surface area (Å²) in [5.74, 6) is 0.565. The highest BCUT2D eigenvalue weighted by molar-refractivity contribution is 6.32. The molecule has 0 saturated heterocycles. The zero-order chi connectivity index (χ0) is 15.3. The maximum Gasteiger partial charge on any atom is 0.228 e. The van der Waals surface area contributed by atoms with Crippen molar-refractivity contribution >= 4 is 44.3 Å². The minimum atomic E-state index is 0.565. The van der Waals surface area contributed by atoms with Crippen molar-refractivity contribution in [1.29, 1.82) is 0 Å². The zero-order valence-corrected chi connectivity index (χ0v) is 12.8. The number of fused-ring (bicyclic) bond motifs is 5. The van der Waals surface area contributed by atoms with E-state index in [-0.39, 0.29) is 0 Å². The van der Waals surface area contributed by atoms with Crippen LogP contribution < -0.4 is 4.74 Å². The molecule has 2 heterocycles. The van der Waals surface area contributed by atoms with Gasteiger partial charge in [-0.3, -0.25) is 0 Å². The number of pyridine rings is 1. The van der Waals surface area contributed by atoms with Crippen LogP contribution in [-0.2, 0) is 7.05 Å². The van der Waals surface area contributed by atoms with Crippen LogP contribution >= 0.6 is 11.6 Å². The standard InChI is InChI=1S/C18H13ClN2O/c1-3-22-18-13-7-5-4-6-12(13)16-14-10-11(19)8-9-15(14)21(2)17(16)20-18/h3-10H,1H2,2H3. The van der Waals surface area contributed by atoms with Crippen LogP contribution in [0.15, 0.2) is 55.3 Å². The topological polar surface area (TPSA) is 27.1 Å². The second-order valence-corrected chi connectivity index (χ2v) is 5.60. The number of nitrogens with zero attached hydrogens (tertiary/aromatic N) is 2. The lowest BCUT2D eigenvalue weighted by atomic mass is 10.1. The molecule has 0 aliphatic rings. The SMILES string of the molecule is C=COc1nc2c(c3ccccc13)c1cc(Cl)ccc1n2C. The van der Waals surface area contributed by atoms with Gasteiger partial charge in [-0.05, 0) is 29.7 Å². The van der Waals surface area contributed by atoms with E-state index in [1.54, 1.807) is 0 Å². The van der Waals surface area contributed by atoms with E-state index in [1.807, 2.05) is 43.4 Å². The van der Waals surface area contributed by atoms with Gasteiger partial charge in [-0.2, -0.15) is 4.98 Å². The van der Waals surface area contributed by atoms with Crippen molar-refractivity contribution < 1.29 is 4.74 Å². The molecular weight excluding hydrogens is 296 g/mol. The van der Waals surface area contributed by atoms with Crippen LogP contribution in [0, 0.1) is 0 Å². The monoisotopic (exact) mass is 308 g/mol. The van der Waals surface area contributed by atoms with Crippen molar-refractivity contribution in [3.05, 3.63) is 60.3 Å². The summed E-state index contributed by atoms with van der Waals surface area (Å²) in [6, 6.07) is 14.0. The molecule has 4 rings (SSSR count). The molecule has 0 aliphatic carbocycles. The van der Waals surface area contributed by atoms with Gasteiger partial charge in [0.2, 0.25) is 5.88 Å². The number of aryl methyl sites for hydroxylation is 1. The van der Waals surface area contributed by atoms with Crippen LogP contribution in [0.4, 0.5) is 0 Å². The molecule has 4 heteroatoms. The number of hydrogen-bond acceptors (Lipinski definition) is 2. The minimum absolute atomic E-state index is 0.565. The van der Waals surface area contributed by atoms with Crippen molar-refractivity contribution in [2.45, 2.75) is 0 Å². The van der Waals surface area contributed by atoms with Gasteiger partial charge in [0.1, 0.15) is 5.65 Å². The molecule has 22 heavy (non-hydrogen) atoms. The number of aromatic nitrogens is 2. The molecule has 2 aromatic carbocycles. The third kappa shape index (κ3) is 1.72. The molecule has 0 unspecified atom stereocenters. The van der Waals surface area contributed by atoms with Crippen LogP contribution in [0.3, 0.4) is 0 Å². The normalized spacial score (nSPS) is 11.4. The van der Waals surface area contributed by atoms with Crippen molar-refractivity contribution in [3.63, 3.8) is 0 Å². The fourth-order valence-electron chi connectivity index (χ4n) is 3.01. The van der Waals surface area contributed by atoms with Crippen molar-refractivity contribution in [3.8, 4) is 5.88 Å². The Morgan fingerprint density at radius 2 is 1.91 bits per heavy atom. The van der Waals surface area contributed by atoms with E-state index in [1.165, 1.54) is 6.26 Å². The first-order chi connectivity index (χ1) is 10.7.